The molecule has 0 aromatic rings. The maximum Gasteiger partial charge on any atom is 0.0781 e. The summed E-state index contributed by atoms with van der Waals surface area (Å²) >= 11 is 0. The molecule has 0 aromatic carbocycles. The zero-order chi connectivity index (χ0) is 2.99. The van der Waals surface area contributed by atoms with Crippen molar-refractivity contribution in [2.75, 3.05) is 6.61 Å². The Morgan fingerprint density at radius 1 is 1.80 bits per heavy atom. The first kappa shape index (κ1) is 5.84. The van der Waals surface area contributed by atoms with Crippen molar-refractivity contribution in [1.82, 2.24) is 0 Å². The molecule has 1 aliphatic rings. The van der Waals surface area contributed by atoms with Gasteiger partial charge in [0, 0.05) is 26.2 Å². The van der Waals surface area contributed by atoms with Gasteiger partial charge in [-0.3, -0.25) is 0 Å². The first-order valence-corrected chi connectivity index (χ1v) is 1.51. The Labute approximate surface area is 50.8 Å². The summed E-state index contributed by atoms with van der Waals surface area (Å²) in [4.78, 5) is 0. The molecule has 1 heterocycles. The first-order chi connectivity index (χ1) is 1.89. The van der Waals surface area contributed by atoms with E-state index in [0.29, 0.717) is 6.10 Å². The molecule has 0 aromatic heterocycles. The van der Waals surface area contributed by atoms with Gasteiger partial charge in [-0.2, -0.15) is 0 Å². The van der Waals surface area contributed by atoms with Gasteiger partial charge in [0.2, 0.25) is 0 Å². The van der Waals surface area contributed by atoms with E-state index in [0.717, 1.165) is 6.61 Å². The van der Waals surface area contributed by atoms with Crippen molar-refractivity contribution < 1.29 is 30.9 Å². The quantitative estimate of drug-likeness (QED) is 0.454. The summed E-state index contributed by atoms with van der Waals surface area (Å²) in [6.45, 7) is 3.04. The third-order valence-electron chi connectivity index (χ3n) is 0.500. The van der Waals surface area contributed by atoms with E-state index in [1.165, 1.54) is 0 Å². The fourth-order valence-electron chi connectivity index (χ4n) is 0.0962. The van der Waals surface area contributed by atoms with Gasteiger partial charge in [0.1, 0.15) is 0 Å². The van der Waals surface area contributed by atoms with Crippen LogP contribution >= 0.6 is 0 Å². The molecule has 0 spiro atoms. The molecule has 0 amide bonds. The molecule has 5 heavy (non-hydrogen) atoms. The molecule has 1 nitrogen and oxygen atoms in total. The summed E-state index contributed by atoms with van der Waals surface area (Å²) in [6, 6.07) is 0. The standard InChI is InChI=1S/C3H6O.Zr/c1-3-2-4-3;/h3H,2H2,1H3;. The van der Waals surface area contributed by atoms with Gasteiger partial charge in [0.05, 0.1) is 12.7 Å². The Bertz CT molecular complexity index is 26.1. The Morgan fingerprint density at radius 3 is 2.00 bits per heavy atom. The summed E-state index contributed by atoms with van der Waals surface area (Å²) in [7, 11) is 0. The van der Waals surface area contributed by atoms with Crippen molar-refractivity contribution >= 4 is 0 Å². The Hall–Kier alpha value is 0.843. The molecule has 2 heteroatoms. The van der Waals surface area contributed by atoms with Crippen LogP contribution in [-0.4, -0.2) is 12.7 Å². The van der Waals surface area contributed by atoms with E-state index in [-0.39, 0.29) is 26.2 Å². The van der Waals surface area contributed by atoms with Crippen LogP contribution in [0.2, 0.25) is 0 Å². The van der Waals surface area contributed by atoms with Crippen LogP contribution in [0.4, 0.5) is 0 Å². The zero-order valence-corrected chi connectivity index (χ0v) is 5.65. The average Bonchev–Trinajstić information content (AvgIpc) is 1.75. The van der Waals surface area contributed by atoms with Gasteiger partial charge in [0.25, 0.3) is 0 Å². The molecule has 1 aliphatic heterocycles. The second-order valence-corrected chi connectivity index (χ2v) is 1.14. The van der Waals surface area contributed by atoms with Crippen LogP contribution in [0.5, 0.6) is 0 Å². The summed E-state index contributed by atoms with van der Waals surface area (Å²) in [6.07, 6.45) is 0.583. The van der Waals surface area contributed by atoms with Crippen molar-refractivity contribution in [2.45, 2.75) is 13.0 Å². The molecule has 1 atom stereocenters. The van der Waals surface area contributed by atoms with Gasteiger partial charge in [-0.15, -0.1) is 0 Å². The average molecular weight is 149 g/mol. The number of hydrogen-bond donors (Lipinski definition) is 0. The molecule has 0 N–H and O–H groups in total. The van der Waals surface area contributed by atoms with E-state index in [2.05, 4.69) is 6.92 Å². The number of ether oxygens (including phenoxy) is 1. The van der Waals surface area contributed by atoms with Crippen molar-refractivity contribution in [2.24, 2.45) is 0 Å². The van der Waals surface area contributed by atoms with E-state index in [1.54, 1.807) is 0 Å². The number of epoxide rings is 1. The molecule has 1 fully saturated rings. The van der Waals surface area contributed by atoms with Gasteiger partial charge in [0.15, 0.2) is 0 Å². The van der Waals surface area contributed by atoms with Gasteiger partial charge in [-0.1, -0.05) is 0 Å². The number of rotatable bonds is 0. The van der Waals surface area contributed by atoms with Gasteiger partial charge >= 0.3 is 0 Å². The van der Waals surface area contributed by atoms with E-state index < -0.39 is 0 Å². The van der Waals surface area contributed by atoms with E-state index in [9.17, 15) is 0 Å². The smallest absolute Gasteiger partial charge is 0.0781 e. The molecule has 0 radical (unpaired) electrons. The van der Waals surface area contributed by atoms with Crippen molar-refractivity contribution in [1.29, 1.82) is 0 Å². The minimum absolute atomic E-state index is 0. The van der Waals surface area contributed by atoms with E-state index in [1.807, 2.05) is 0 Å². The molecule has 1 rings (SSSR count). The summed E-state index contributed by atoms with van der Waals surface area (Å²) < 4.78 is 4.71. The van der Waals surface area contributed by atoms with Crippen LogP contribution in [0.3, 0.4) is 0 Å². The minimum atomic E-state index is 0. The van der Waals surface area contributed by atoms with Gasteiger partial charge in [-0.05, 0) is 6.92 Å². The maximum absolute atomic E-state index is 4.71. The molecule has 0 aliphatic carbocycles. The first-order valence-electron chi connectivity index (χ1n) is 1.51. The van der Waals surface area contributed by atoms with Crippen molar-refractivity contribution in [3.8, 4) is 0 Å². The third-order valence-corrected chi connectivity index (χ3v) is 0.500. The van der Waals surface area contributed by atoms with Gasteiger partial charge in [-0.25, -0.2) is 0 Å². The van der Waals surface area contributed by atoms with Crippen LogP contribution in [-0.2, 0) is 30.9 Å². The minimum Gasteiger partial charge on any atom is -0.373 e. The largest absolute Gasteiger partial charge is 0.373 e. The summed E-state index contributed by atoms with van der Waals surface area (Å²) in [5, 5.41) is 0. The van der Waals surface area contributed by atoms with Gasteiger partial charge < -0.3 is 4.74 Å². The third kappa shape index (κ3) is 2.65. The normalized spacial score (nSPS) is 31.8. The number of hydrogen-bond acceptors (Lipinski definition) is 1. The molecular weight excluding hydrogens is 143 g/mol. The topological polar surface area (TPSA) is 12.5 Å². The molecule has 1 unspecified atom stereocenters. The fourth-order valence-corrected chi connectivity index (χ4v) is 0.0962. The molecule has 0 bridgehead atoms. The van der Waals surface area contributed by atoms with E-state index >= 15 is 0 Å². The molecule has 0 saturated carbocycles. The zero-order valence-electron chi connectivity index (χ0n) is 3.19. The maximum atomic E-state index is 4.71. The summed E-state index contributed by atoms with van der Waals surface area (Å²) in [5.74, 6) is 0. The van der Waals surface area contributed by atoms with E-state index in [4.69, 9.17) is 4.74 Å². The predicted molar refractivity (Wildman–Crippen MR) is 15.4 cm³/mol. The monoisotopic (exact) mass is 148 g/mol. The summed E-state index contributed by atoms with van der Waals surface area (Å²) in [5.41, 5.74) is 0. The molecule has 28 valence electrons. The van der Waals surface area contributed by atoms with Crippen LogP contribution in [0.15, 0.2) is 0 Å². The Balaban J connectivity index is 0.000000160. The van der Waals surface area contributed by atoms with Crippen LogP contribution in [0.25, 0.3) is 0 Å². The predicted octanol–water partition coefficient (Wildman–Crippen LogP) is 0.403. The van der Waals surface area contributed by atoms with Crippen molar-refractivity contribution in [3.63, 3.8) is 0 Å². The second-order valence-electron chi connectivity index (χ2n) is 1.14. The van der Waals surface area contributed by atoms with Crippen LogP contribution in [0.1, 0.15) is 6.92 Å². The van der Waals surface area contributed by atoms with Crippen molar-refractivity contribution in [3.05, 3.63) is 0 Å². The van der Waals surface area contributed by atoms with Crippen LogP contribution < -0.4 is 0 Å². The Kier molecular flexibility index (Phi) is 2.45. The molecular formula is C3H6OZr. The Morgan fingerprint density at radius 2 is 2.00 bits per heavy atom. The fraction of sp³-hybridized carbons (Fsp3) is 1.00. The second kappa shape index (κ2) is 2.10. The SMILES string of the molecule is CC1CO1.[Zr]. The van der Waals surface area contributed by atoms with Crippen LogP contribution in [0, 0.1) is 0 Å². The molecule has 1 saturated heterocycles.